The molecule has 0 bridgehead atoms. The lowest BCUT2D eigenvalue weighted by Gasteiger charge is -2.36. The number of hydrogen-bond donors (Lipinski definition) is 2. The summed E-state index contributed by atoms with van der Waals surface area (Å²) < 4.78 is 7.48. The molecule has 2 amide bonds. The molecule has 1 unspecified atom stereocenters. The standard InChI is InChI=1S/C41H39N5O3S/c1-27-24-32-35(45-39(48)49-40(2,3)4)21-23-50-36(32)25-31(27)38(47)44-34-20-22-42-37-33(34)26-43-46(37)41(28-14-8-5-9-15-28,29-16-10-6-11-17-29)30-18-12-7-13-19-30/h5-20,22,24-26,35H,21,23H2,1-4H3,(H,45,48)(H,42,44,47). The van der Waals surface area contributed by atoms with Crippen LogP contribution in [0.1, 0.15) is 71.4 Å². The molecule has 50 heavy (non-hydrogen) atoms. The van der Waals surface area contributed by atoms with Crippen molar-refractivity contribution in [2.75, 3.05) is 11.1 Å². The van der Waals surface area contributed by atoms with Crippen LogP contribution in [0.2, 0.25) is 0 Å². The Kier molecular flexibility index (Phi) is 8.92. The molecule has 0 saturated carbocycles. The van der Waals surface area contributed by atoms with Crippen LogP contribution in [0.25, 0.3) is 11.0 Å². The number of benzene rings is 4. The first kappa shape index (κ1) is 33.1. The zero-order valence-electron chi connectivity index (χ0n) is 28.5. The van der Waals surface area contributed by atoms with Crippen LogP contribution in [0.5, 0.6) is 0 Å². The number of hydrogen-bond acceptors (Lipinski definition) is 6. The molecule has 3 heterocycles. The van der Waals surface area contributed by atoms with E-state index in [2.05, 4.69) is 47.0 Å². The monoisotopic (exact) mass is 681 g/mol. The van der Waals surface area contributed by atoms with Gasteiger partial charge in [0.15, 0.2) is 5.65 Å². The topological polar surface area (TPSA) is 98.1 Å². The van der Waals surface area contributed by atoms with Gasteiger partial charge in [-0.05, 0) is 74.1 Å². The molecular formula is C41H39N5O3S. The van der Waals surface area contributed by atoms with Gasteiger partial charge >= 0.3 is 6.09 Å². The number of nitrogens with zero attached hydrogens (tertiary/aromatic N) is 3. The molecule has 6 aromatic rings. The molecule has 1 aliphatic rings. The Morgan fingerprint density at radius 1 is 0.860 bits per heavy atom. The fraction of sp³-hybridized carbons (Fsp3) is 0.220. The molecule has 0 aliphatic carbocycles. The molecule has 2 N–H and O–H groups in total. The quantitative estimate of drug-likeness (QED) is 0.163. The molecule has 7 rings (SSSR count). The number of anilines is 1. The van der Waals surface area contributed by atoms with E-state index in [0.717, 1.165) is 50.3 Å². The van der Waals surface area contributed by atoms with Gasteiger partial charge in [0.25, 0.3) is 5.91 Å². The zero-order chi connectivity index (χ0) is 34.9. The minimum absolute atomic E-state index is 0.193. The van der Waals surface area contributed by atoms with Crippen LogP contribution in [0.3, 0.4) is 0 Å². The van der Waals surface area contributed by atoms with E-state index in [1.165, 1.54) is 0 Å². The van der Waals surface area contributed by atoms with Gasteiger partial charge in [0.1, 0.15) is 11.1 Å². The fourth-order valence-electron chi connectivity index (χ4n) is 6.77. The number of amides is 2. The summed E-state index contributed by atoms with van der Waals surface area (Å²) in [4.78, 5) is 32.4. The fourth-order valence-corrected chi connectivity index (χ4v) is 7.91. The normalized spacial score (nSPS) is 14.5. The van der Waals surface area contributed by atoms with Crippen LogP contribution in [-0.4, -0.2) is 38.1 Å². The zero-order valence-corrected chi connectivity index (χ0v) is 29.3. The van der Waals surface area contributed by atoms with E-state index in [1.807, 2.05) is 105 Å². The van der Waals surface area contributed by atoms with E-state index in [0.29, 0.717) is 16.9 Å². The number of aromatic nitrogens is 3. The molecule has 0 spiro atoms. The van der Waals surface area contributed by atoms with Gasteiger partial charge in [-0.2, -0.15) is 5.10 Å². The van der Waals surface area contributed by atoms with E-state index in [9.17, 15) is 9.59 Å². The number of thioether (sulfide) groups is 1. The molecule has 0 saturated heterocycles. The lowest BCUT2D eigenvalue weighted by Crippen LogP contribution is -2.38. The molecule has 252 valence electrons. The van der Waals surface area contributed by atoms with Crippen LogP contribution >= 0.6 is 11.8 Å². The van der Waals surface area contributed by atoms with Gasteiger partial charge < -0.3 is 15.4 Å². The summed E-state index contributed by atoms with van der Waals surface area (Å²) in [5.41, 5.74) is 5.27. The number of carbonyl (C=O) groups is 2. The molecule has 0 radical (unpaired) electrons. The maximum absolute atomic E-state index is 14.0. The Balaban J connectivity index is 1.27. The number of fused-ring (bicyclic) bond motifs is 2. The molecule has 4 aromatic carbocycles. The molecule has 9 heteroatoms. The van der Waals surface area contributed by atoms with Crippen molar-refractivity contribution in [3.05, 3.63) is 155 Å². The lowest BCUT2D eigenvalue weighted by molar-refractivity contribution is 0.0501. The van der Waals surface area contributed by atoms with Crippen molar-refractivity contribution in [3.8, 4) is 0 Å². The number of aryl methyl sites for hydroxylation is 1. The predicted octanol–water partition coefficient (Wildman–Crippen LogP) is 8.89. The van der Waals surface area contributed by atoms with Crippen molar-refractivity contribution in [1.29, 1.82) is 0 Å². The van der Waals surface area contributed by atoms with E-state index in [1.54, 1.807) is 24.2 Å². The Labute approximate surface area is 296 Å². The Morgan fingerprint density at radius 3 is 2.04 bits per heavy atom. The van der Waals surface area contributed by atoms with Gasteiger partial charge in [-0.25, -0.2) is 14.5 Å². The maximum atomic E-state index is 14.0. The predicted molar refractivity (Wildman–Crippen MR) is 199 cm³/mol. The summed E-state index contributed by atoms with van der Waals surface area (Å²) in [5, 5.41) is 11.9. The van der Waals surface area contributed by atoms with E-state index >= 15 is 0 Å². The third-order valence-electron chi connectivity index (χ3n) is 8.94. The van der Waals surface area contributed by atoms with Crippen LogP contribution in [0.15, 0.2) is 126 Å². The second-order valence-corrected chi connectivity index (χ2v) is 14.6. The van der Waals surface area contributed by atoms with E-state index in [4.69, 9.17) is 14.8 Å². The van der Waals surface area contributed by atoms with Gasteiger partial charge in [-0.15, -0.1) is 11.8 Å². The highest BCUT2D eigenvalue weighted by Crippen LogP contribution is 2.43. The van der Waals surface area contributed by atoms with Crippen molar-refractivity contribution in [2.45, 2.75) is 56.2 Å². The summed E-state index contributed by atoms with van der Waals surface area (Å²) in [6.45, 7) is 7.47. The number of alkyl carbamates (subject to hydrolysis) is 1. The van der Waals surface area contributed by atoms with Crippen molar-refractivity contribution in [3.63, 3.8) is 0 Å². The minimum Gasteiger partial charge on any atom is -0.444 e. The second kappa shape index (κ2) is 13.5. The Bertz CT molecular complexity index is 2070. The van der Waals surface area contributed by atoms with E-state index in [-0.39, 0.29) is 11.9 Å². The number of pyridine rings is 1. The summed E-state index contributed by atoms with van der Waals surface area (Å²) in [6.07, 6.45) is 3.82. The first-order valence-electron chi connectivity index (χ1n) is 16.7. The summed E-state index contributed by atoms with van der Waals surface area (Å²) >= 11 is 1.69. The Morgan fingerprint density at radius 2 is 1.46 bits per heavy atom. The largest absolute Gasteiger partial charge is 0.444 e. The van der Waals surface area contributed by atoms with Gasteiger partial charge in [0, 0.05) is 22.4 Å². The molecular weight excluding hydrogens is 643 g/mol. The number of ether oxygens (including phenoxy) is 1. The highest BCUT2D eigenvalue weighted by atomic mass is 32.2. The van der Waals surface area contributed by atoms with Crippen LogP contribution in [0, 0.1) is 6.92 Å². The summed E-state index contributed by atoms with van der Waals surface area (Å²) in [7, 11) is 0. The highest BCUT2D eigenvalue weighted by molar-refractivity contribution is 7.99. The van der Waals surface area contributed by atoms with Crippen molar-refractivity contribution >= 4 is 40.5 Å². The van der Waals surface area contributed by atoms with Crippen LogP contribution in [-0.2, 0) is 10.3 Å². The number of nitrogens with one attached hydrogen (secondary N) is 2. The SMILES string of the molecule is Cc1cc2c(cc1C(=O)Nc1ccnc3c1cnn3C(c1ccccc1)(c1ccccc1)c1ccccc1)SCCC2NC(=O)OC(C)(C)C. The number of carbonyl (C=O) groups excluding carboxylic acids is 2. The minimum atomic E-state index is -0.850. The molecule has 1 atom stereocenters. The van der Waals surface area contributed by atoms with E-state index < -0.39 is 17.2 Å². The smallest absolute Gasteiger partial charge is 0.408 e. The van der Waals surface area contributed by atoms with Crippen LogP contribution < -0.4 is 10.6 Å². The Hall–Kier alpha value is -5.41. The van der Waals surface area contributed by atoms with Gasteiger partial charge in [-0.3, -0.25) is 4.79 Å². The molecule has 0 fully saturated rings. The average Bonchev–Trinajstić information content (AvgIpc) is 3.55. The molecule has 8 nitrogen and oxygen atoms in total. The third kappa shape index (κ3) is 6.25. The lowest BCUT2D eigenvalue weighted by atomic mass is 9.77. The highest BCUT2D eigenvalue weighted by Gasteiger charge is 2.41. The molecule has 2 aromatic heterocycles. The first-order valence-corrected chi connectivity index (χ1v) is 17.7. The van der Waals surface area contributed by atoms with Gasteiger partial charge in [0.05, 0.1) is 23.3 Å². The van der Waals surface area contributed by atoms with Gasteiger partial charge in [0.2, 0.25) is 0 Å². The summed E-state index contributed by atoms with van der Waals surface area (Å²) in [6, 6.07) is 36.5. The maximum Gasteiger partial charge on any atom is 0.408 e. The second-order valence-electron chi connectivity index (χ2n) is 13.5. The summed E-state index contributed by atoms with van der Waals surface area (Å²) in [5.74, 6) is 0.585. The third-order valence-corrected chi connectivity index (χ3v) is 10.0. The number of rotatable bonds is 7. The van der Waals surface area contributed by atoms with Gasteiger partial charge in [-0.1, -0.05) is 97.1 Å². The van der Waals surface area contributed by atoms with Crippen LogP contribution in [0.4, 0.5) is 10.5 Å². The van der Waals surface area contributed by atoms with Crippen molar-refractivity contribution in [2.24, 2.45) is 0 Å². The van der Waals surface area contributed by atoms with Crippen molar-refractivity contribution < 1.29 is 14.3 Å². The van der Waals surface area contributed by atoms with Crippen molar-refractivity contribution in [1.82, 2.24) is 20.1 Å². The molecule has 1 aliphatic heterocycles. The average molecular weight is 682 g/mol. The first-order chi connectivity index (χ1) is 24.1.